The lowest BCUT2D eigenvalue weighted by Gasteiger charge is -2.10. The largest absolute Gasteiger partial charge is 0.418 e. The number of nitrogens with zero attached hydrogens (tertiary/aromatic N) is 1. The van der Waals surface area contributed by atoms with Crippen LogP contribution in [0, 0.1) is 0 Å². The van der Waals surface area contributed by atoms with Gasteiger partial charge in [-0.25, -0.2) is 4.98 Å². The number of halogens is 3. The summed E-state index contributed by atoms with van der Waals surface area (Å²) in [5, 5.41) is 8.59. The molecule has 0 atom stereocenters. The fourth-order valence-corrected chi connectivity index (χ4v) is 0.897. The van der Waals surface area contributed by atoms with Gasteiger partial charge in [-0.15, -0.1) is 0 Å². The van der Waals surface area contributed by atoms with Crippen molar-refractivity contribution >= 4 is 5.82 Å². The van der Waals surface area contributed by atoms with Crippen molar-refractivity contribution in [2.24, 2.45) is 0 Å². The van der Waals surface area contributed by atoms with Crippen molar-refractivity contribution in [3.63, 3.8) is 0 Å². The van der Waals surface area contributed by atoms with Crippen LogP contribution in [-0.2, 0) is 12.8 Å². The summed E-state index contributed by atoms with van der Waals surface area (Å²) in [5.41, 5.74) is 3.75. The third-order valence-electron chi connectivity index (χ3n) is 1.45. The number of nitrogens with two attached hydrogens (primary N) is 1. The molecule has 0 aromatic carbocycles. The van der Waals surface area contributed by atoms with E-state index in [9.17, 15) is 13.2 Å². The van der Waals surface area contributed by atoms with Gasteiger partial charge in [0.1, 0.15) is 5.82 Å². The second-order valence-corrected chi connectivity index (χ2v) is 2.39. The second-order valence-electron chi connectivity index (χ2n) is 2.39. The molecule has 1 aromatic heterocycles. The fourth-order valence-electron chi connectivity index (χ4n) is 0.897. The molecule has 0 aliphatic heterocycles. The number of nitrogen functional groups attached to an aromatic ring is 1. The van der Waals surface area contributed by atoms with Gasteiger partial charge in [0, 0.05) is 0 Å². The van der Waals surface area contributed by atoms with Crippen LogP contribution in [0.15, 0.2) is 12.1 Å². The van der Waals surface area contributed by atoms with E-state index < -0.39 is 24.0 Å². The van der Waals surface area contributed by atoms with Crippen LogP contribution >= 0.6 is 0 Å². The highest BCUT2D eigenvalue weighted by Crippen LogP contribution is 2.31. The molecular weight excluding hydrogens is 185 g/mol. The summed E-state index contributed by atoms with van der Waals surface area (Å²) < 4.78 is 36.5. The standard InChI is InChI=1S/C7H7F3N2O/c8-7(9,10)4-1-2-6(11)12-5(4)3-13/h1-2,13H,3H2,(H2,11,12). The van der Waals surface area contributed by atoms with E-state index in [-0.39, 0.29) is 5.82 Å². The Morgan fingerprint density at radius 2 is 2.00 bits per heavy atom. The summed E-state index contributed by atoms with van der Waals surface area (Å²) in [4.78, 5) is 3.37. The Balaban J connectivity index is 3.22. The SMILES string of the molecule is Nc1ccc(C(F)(F)F)c(CO)n1. The Labute approximate surface area is 72.0 Å². The van der Waals surface area contributed by atoms with E-state index in [0.29, 0.717) is 0 Å². The number of hydrogen-bond acceptors (Lipinski definition) is 3. The predicted octanol–water partition coefficient (Wildman–Crippen LogP) is 1.17. The first-order valence-electron chi connectivity index (χ1n) is 3.38. The van der Waals surface area contributed by atoms with Crippen molar-refractivity contribution in [3.05, 3.63) is 23.4 Å². The van der Waals surface area contributed by atoms with E-state index in [0.717, 1.165) is 12.1 Å². The van der Waals surface area contributed by atoms with Gasteiger partial charge in [0.2, 0.25) is 0 Å². The van der Waals surface area contributed by atoms with Crippen molar-refractivity contribution in [2.75, 3.05) is 5.73 Å². The lowest BCUT2D eigenvalue weighted by molar-refractivity contribution is -0.139. The van der Waals surface area contributed by atoms with Gasteiger partial charge < -0.3 is 10.8 Å². The average molecular weight is 192 g/mol. The summed E-state index contributed by atoms with van der Waals surface area (Å²) >= 11 is 0. The maximum Gasteiger partial charge on any atom is 0.418 e. The Bertz CT molecular complexity index is 311. The lowest BCUT2D eigenvalue weighted by atomic mass is 10.2. The summed E-state index contributed by atoms with van der Waals surface area (Å²) in [6.45, 7) is -0.778. The van der Waals surface area contributed by atoms with Crippen molar-refractivity contribution in [1.29, 1.82) is 0 Å². The molecule has 0 fully saturated rings. The summed E-state index contributed by atoms with van der Waals surface area (Å²) in [6, 6.07) is 1.84. The molecule has 0 radical (unpaired) electrons. The van der Waals surface area contributed by atoms with Crippen LogP contribution in [0.4, 0.5) is 19.0 Å². The number of anilines is 1. The third-order valence-corrected chi connectivity index (χ3v) is 1.45. The third kappa shape index (κ3) is 2.09. The Morgan fingerprint density at radius 1 is 1.38 bits per heavy atom. The Morgan fingerprint density at radius 3 is 2.46 bits per heavy atom. The van der Waals surface area contributed by atoms with Gasteiger partial charge in [0.25, 0.3) is 0 Å². The molecule has 0 unspecified atom stereocenters. The van der Waals surface area contributed by atoms with E-state index in [1.807, 2.05) is 0 Å². The van der Waals surface area contributed by atoms with Gasteiger partial charge in [-0.3, -0.25) is 0 Å². The maximum atomic E-state index is 12.2. The van der Waals surface area contributed by atoms with Crippen LogP contribution in [-0.4, -0.2) is 10.1 Å². The first kappa shape index (κ1) is 9.79. The van der Waals surface area contributed by atoms with Crippen LogP contribution in [0.1, 0.15) is 11.3 Å². The minimum atomic E-state index is -4.50. The summed E-state index contributed by atoms with van der Waals surface area (Å²) in [6.07, 6.45) is -4.50. The molecule has 0 spiro atoms. The minimum absolute atomic E-state index is 0.0444. The van der Waals surface area contributed by atoms with Crippen molar-refractivity contribution in [2.45, 2.75) is 12.8 Å². The first-order valence-corrected chi connectivity index (χ1v) is 3.38. The number of pyridine rings is 1. The molecule has 0 saturated carbocycles. The van der Waals surface area contributed by atoms with Gasteiger partial charge in [-0.1, -0.05) is 0 Å². The number of aromatic nitrogens is 1. The smallest absolute Gasteiger partial charge is 0.390 e. The van der Waals surface area contributed by atoms with Crippen LogP contribution < -0.4 is 5.73 Å². The summed E-state index contributed by atoms with van der Waals surface area (Å²) in [5.74, 6) is -0.0444. The molecule has 0 bridgehead atoms. The quantitative estimate of drug-likeness (QED) is 0.702. The van der Waals surface area contributed by atoms with Crippen molar-refractivity contribution in [3.8, 4) is 0 Å². The van der Waals surface area contributed by atoms with E-state index in [4.69, 9.17) is 10.8 Å². The van der Waals surface area contributed by atoms with Gasteiger partial charge in [0.15, 0.2) is 0 Å². The molecule has 72 valence electrons. The van der Waals surface area contributed by atoms with Gasteiger partial charge in [-0.05, 0) is 12.1 Å². The van der Waals surface area contributed by atoms with Gasteiger partial charge in [-0.2, -0.15) is 13.2 Å². The van der Waals surface area contributed by atoms with Gasteiger partial charge >= 0.3 is 6.18 Å². The molecule has 0 aliphatic carbocycles. The van der Waals surface area contributed by atoms with Crippen molar-refractivity contribution < 1.29 is 18.3 Å². The average Bonchev–Trinajstić information content (AvgIpc) is 2.01. The Kier molecular flexibility index (Phi) is 2.42. The number of aliphatic hydroxyl groups is 1. The predicted molar refractivity (Wildman–Crippen MR) is 39.6 cm³/mol. The number of alkyl halides is 3. The zero-order chi connectivity index (χ0) is 10.1. The molecule has 1 rings (SSSR count). The van der Waals surface area contributed by atoms with Crippen LogP contribution in [0.3, 0.4) is 0 Å². The van der Waals surface area contributed by atoms with Crippen molar-refractivity contribution in [1.82, 2.24) is 4.98 Å². The van der Waals surface area contributed by atoms with Gasteiger partial charge in [0.05, 0.1) is 17.9 Å². The molecule has 1 aromatic rings. The highest BCUT2D eigenvalue weighted by atomic mass is 19.4. The van der Waals surface area contributed by atoms with E-state index >= 15 is 0 Å². The highest BCUT2D eigenvalue weighted by molar-refractivity contribution is 5.35. The van der Waals surface area contributed by atoms with E-state index in [1.165, 1.54) is 0 Å². The number of hydrogen-bond donors (Lipinski definition) is 2. The molecule has 0 aliphatic rings. The molecule has 13 heavy (non-hydrogen) atoms. The number of aliphatic hydroxyl groups excluding tert-OH is 1. The first-order chi connectivity index (χ1) is 5.95. The van der Waals surface area contributed by atoms with Crippen LogP contribution in [0.2, 0.25) is 0 Å². The Hall–Kier alpha value is -1.30. The number of rotatable bonds is 1. The second kappa shape index (κ2) is 3.21. The molecule has 3 N–H and O–H groups in total. The zero-order valence-corrected chi connectivity index (χ0v) is 6.47. The lowest BCUT2D eigenvalue weighted by Crippen LogP contribution is -2.11. The highest BCUT2D eigenvalue weighted by Gasteiger charge is 2.33. The minimum Gasteiger partial charge on any atom is -0.390 e. The normalized spacial score (nSPS) is 11.7. The summed E-state index contributed by atoms with van der Waals surface area (Å²) in [7, 11) is 0. The van der Waals surface area contributed by atoms with Crippen LogP contribution in [0.25, 0.3) is 0 Å². The monoisotopic (exact) mass is 192 g/mol. The fraction of sp³-hybridized carbons (Fsp3) is 0.286. The molecule has 6 heteroatoms. The van der Waals surface area contributed by atoms with E-state index in [1.54, 1.807) is 0 Å². The van der Waals surface area contributed by atoms with E-state index in [2.05, 4.69) is 4.98 Å². The molecular formula is C7H7F3N2O. The topological polar surface area (TPSA) is 59.1 Å². The maximum absolute atomic E-state index is 12.2. The molecule has 0 saturated heterocycles. The molecule has 1 heterocycles. The molecule has 3 nitrogen and oxygen atoms in total. The zero-order valence-electron chi connectivity index (χ0n) is 6.47. The molecule has 0 amide bonds. The van der Waals surface area contributed by atoms with Crippen LogP contribution in [0.5, 0.6) is 0 Å².